The van der Waals surface area contributed by atoms with Gasteiger partial charge in [0, 0.05) is 12.1 Å². The topological polar surface area (TPSA) is 66.0 Å². The Hall–Kier alpha value is -2.89. The third kappa shape index (κ3) is 2.71. The molecule has 2 aliphatic heterocycles. The molecule has 6 nitrogen and oxygen atoms in total. The van der Waals surface area contributed by atoms with E-state index < -0.39 is 0 Å². The van der Waals surface area contributed by atoms with Crippen LogP contribution in [0.5, 0.6) is 23.0 Å². The first-order chi connectivity index (χ1) is 11.7. The summed E-state index contributed by atoms with van der Waals surface area (Å²) in [6, 6.07) is 9.01. The molecule has 2 aromatic rings. The van der Waals surface area contributed by atoms with Crippen molar-refractivity contribution in [3.63, 3.8) is 0 Å². The fraction of sp³-hybridized carbons (Fsp3) is 0.278. The highest BCUT2D eigenvalue weighted by Gasteiger charge is 2.17. The van der Waals surface area contributed by atoms with Crippen molar-refractivity contribution in [3.8, 4) is 23.0 Å². The van der Waals surface area contributed by atoms with Crippen LogP contribution >= 0.6 is 0 Å². The maximum absolute atomic E-state index is 12.4. The lowest BCUT2D eigenvalue weighted by Crippen LogP contribution is -2.23. The molecule has 1 amide bonds. The molecular formula is C18H17NO5. The molecule has 4 rings (SSSR count). The lowest BCUT2D eigenvalue weighted by atomic mass is 10.1. The second-order valence-corrected chi connectivity index (χ2v) is 5.67. The Morgan fingerprint density at radius 1 is 0.958 bits per heavy atom. The lowest BCUT2D eigenvalue weighted by Gasteiger charge is -2.20. The number of hydrogen-bond acceptors (Lipinski definition) is 5. The summed E-state index contributed by atoms with van der Waals surface area (Å²) in [5, 5.41) is 2.92. The van der Waals surface area contributed by atoms with E-state index in [1.807, 2.05) is 19.1 Å². The zero-order chi connectivity index (χ0) is 16.5. The molecule has 0 atom stereocenters. The first-order valence-electron chi connectivity index (χ1n) is 7.78. The van der Waals surface area contributed by atoms with E-state index in [2.05, 4.69) is 5.32 Å². The van der Waals surface area contributed by atoms with Crippen LogP contribution in [0.15, 0.2) is 30.3 Å². The normalized spacial score (nSPS) is 14.4. The monoisotopic (exact) mass is 327 g/mol. The summed E-state index contributed by atoms with van der Waals surface area (Å²) in [6.07, 6.45) is 0. The van der Waals surface area contributed by atoms with Gasteiger partial charge in [0.05, 0.1) is 0 Å². The zero-order valence-corrected chi connectivity index (χ0v) is 13.3. The van der Waals surface area contributed by atoms with Crippen molar-refractivity contribution in [2.75, 3.05) is 20.0 Å². The first kappa shape index (κ1) is 14.7. The quantitative estimate of drug-likeness (QED) is 0.938. The molecule has 24 heavy (non-hydrogen) atoms. The lowest BCUT2D eigenvalue weighted by molar-refractivity contribution is 0.0950. The van der Waals surface area contributed by atoms with Crippen molar-refractivity contribution in [3.05, 3.63) is 47.0 Å². The van der Waals surface area contributed by atoms with E-state index in [0.29, 0.717) is 36.8 Å². The van der Waals surface area contributed by atoms with Crippen LogP contribution < -0.4 is 24.3 Å². The van der Waals surface area contributed by atoms with Crippen LogP contribution in [0.3, 0.4) is 0 Å². The number of ether oxygens (including phenoxy) is 4. The van der Waals surface area contributed by atoms with E-state index >= 15 is 0 Å². The molecule has 0 saturated carbocycles. The molecule has 124 valence electrons. The van der Waals surface area contributed by atoms with E-state index in [1.54, 1.807) is 18.2 Å². The largest absolute Gasteiger partial charge is 0.486 e. The minimum atomic E-state index is -0.164. The Morgan fingerprint density at radius 3 is 2.50 bits per heavy atom. The van der Waals surface area contributed by atoms with Crippen LogP contribution in [-0.2, 0) is 6.54 Å². The van der Waals surface area contributed by atoms with Crippen LogP contribution in [0, 0.1) is 6.92 Å². The average Bonchev–Trinajstić information content (AvgIpc) is 3.07. The van der Waals surface area contributed by atoms with Crippen molar-refractivity contribution in [1.29, 1.82) is 0 Å². The van der Waals surface area contributed by atoms with Crippen LogP contribution in [-0.4, -0.2) is 25.9 Å². The summed E-state index contributed by atoms with van der Waals surface area (Å²) < 4.78 is 21.7. The van der Waals surface area contributed by atoms with Crippen LogP contribution in [0.2, 0.25) is 0 Å². The maximum atomic E-state index is 12.4. The second-order valence-electron chi connectivity index (χ2n) is 5.67. The molecule has 0 fully saturated rings. The van der Waals surface area contributed by atoms with E-state index in [-0.39, 0.29) is 12.7 Å². The summed E-state index contributed by atoms with van der Waals surface area (Å²) in [7, 11) is 0. The van der Waals surface area contributed by atoms with Crippen molar-refractivity contribution in [2.24, 2.45) is 0 Å². The summed E-state index contributed by atoms with van der Waals surface area (Å²) in [5.74, 6) is 2.57. The molecule has 1 N–H and O–H groups in total. The fourth-order valence-corrected chi connectivity index (χ4v) is 2.74. The predicted molar refractivity (Wildman–Crippen MR) is 85.9 cm³/mol. The van der Waals surface area contributed by atoms with Gasteiger partial charge in [0.25, 0.3) is 5.91 Å². The molecule has 0 saturated heterocycles. The van der Waals surface area contributed by atoms with E-state index in [4.69, 9.17) is 18.9 Å². The van der Waals surface area contributed by atoms with Crippen LogP contribution in [0.25, 0.3) is 0 Å². The SMILES string of the molecule is Cc1cc2c(cc1CNC(=O)c1ccc3c(c1)OCO3)OCCO2. The third-order valence-electron chi connectivity index (χ3n) is 4.07. The highest BCUT2D eigenvalue weighted by molar-refractivity contribution is 5.94. The summed E-state index contributed by atoms with van der Waals surface area (Å²) >= 11 is 0. The molecule has 6 heteroatoms. The molecule has 0 unspecified atom stereocenters. The van der Waals surface area contributed by atoms with Crippen molar-refractivity contribution in [2.45, 2.75) is 13.5 Å². The number of carbonyl (C=O) groups excluding carboxylic acids is 1. The van der Waals surface area contributed by atoms with Crippen LogP contribution in [0.1, 0.15) is 21.5 Å². The summed E-state index contributed by atoms with van der Waals surface area (Å²) in [5.41, 5.74) is 2.58. The number of aryl methyl sites for hydroxylation is 1. The van der Waals surface area contributed by atoms with Gasteiger partial charge in [-0.2, -0.15) is 0 Å². The van der Waals surface area contributed by atoms with Crippen molar-refractivity contribution < 1.29 is 23.7 Å². The number of fused-ring (bicyclic) bond motifs is 2. The van der Waals surface area contributed by atoms with E-state index in [1.165, 1.54) is 0 Å². The number of hydrogen-bond donors (Lipinski definition) is 1. The Morgan fingerprint density at radius 2 is 1.67 bits per heavy atom. The van der Waals surface area contributed by atoms with E-state index in [0.717, 1.165) is 22.6 Å². The molecule has 0 spiro atoms. The van der Waals surface area contributed by atoms with Gasteiger partial charge in [0.15, 0.2) is 23.0 Å². The van der Waals surface area contributed by atoms with Gasteiger partial charge >= 0.3 is 0 Å². The summed E-state index contributed by atoms with van der Waals surface area (Å²) in [6.45, 7) is 3.69. The first-order valence-corrected chi connectivity index (χ1v) is 7.78. The standard InChI is InChI=1S/C18H17NO5/c1-11-6-15-17(22-5-4-21-15)8-13(11)9-19-18(20)12-2-3-14-16(7-12)24-10-23-14/h2-3,6-8H,4-5,9-10H2,1H3,(H,19,20). The van der Waals surface area contributed by atoms with Gasteiger partial charge in [0.2, 0.25) is 6.79 Å². The van der Waals surface area contributed by atoms with Gasteiger partial charge in [-0.15, -0.1) is 0 Å². The second kappa shape index (κ2) is 5.96. The smallest absolute Gasteiger partial charge is 0.251 e. The van der Waals surface area contributed by atoms with Crippen LogP contribution in [0.4, 0.5) is 0 Å². The molecule has 2 aliphatic rings. The molecule has 0 aliphatic carbocycles. The number of carbonyl (C=O) groups is 1. The molecule has 2 heterocycles. The maximum Gasteiger partial charge on any atom is 0.251 e. The fourth-order valence-electron chi connectivity index (χ4n) is 2.74. The highest BCUT2D eigenvalue weighted by Crippen LogP contribution is 2.34. The van der Waals surface area contributed by atoms with Gasteiger partial charge in [-0.3, -0.25) is 4.79 Å². The molecule has 2 aromatic carbocycles. The van der Waals surface area contributed by atoms with Gasteiger partial charge < -0.3 is 24.3 Å². The minimum absolute atomic E-state index is 0.164. The Bertz CT molecular complexity index is 802. The third-order valence-corrected chi connectivity index (χ3v) is 4.07. The number of benzene rings is 2. The minimum Gasteiger partial charge on any atom is -0.486 e. The van der Waals surface area contributed by atoms with Gasteiger partial charge in [0.1, 0.15) is 13.2 Å². The molecule has 0 radical (unpaired) electrons. The Labute approximate surface area is 139 Å². The average molecular weight is 327 g/mol. The van der Waals surface area contributed by atoms with Gasteiger partial charge in [-0.05, 0) is 48.4 Å². The van der Waals surface area contributed by atoms with Gasteiger partial charge in [-0.1, -0.05) is 0 Å². The molecule has 0 aromatic heterocycles. The number of rotatable bonds is 3. The van der Waals surface area contributed by atoms with Gasteiger partial charge in [-0.25, -0.2) is 0 Å². The Kier molecular flexibility index (Phi) is 3.65. The zero-order valence-electron chi connectivity index (χ0n) is 13.3. The molecule has 0 bridgehead atoms. The highest BCUT2D eigenvalue weighted by atomic mass is 16.7. The van der Waals surface area contributed by atoms with E-state index in [9.17, 15) is 4.79 Å². The molecular weight excluding hydrogens is 310 g/mol. The number of nitrogens with one attached hydrogen (secondary N) is 1. The summed E-state index contributed by atoms with van der Waals surface area (Å²) in [4.78, 5) is 12.4. The predicted octanol–water partition coefficient (Wildman–Crippen LogP) is 2.42. The Balaban J connectivity index is 1.47. The van der Waals surface area contributed by atoms with Crippen molar-refractivity contribution in [1.82, 2.24) is 5.32 Å². The van der Waals surface area contributed by atoms with Crippen molar-refractivity contribution >= 4 is 5.91 Å². The number of amides is 1.